The van der Waals surface area contributed by atoms with Crippen LogP contribution < -0.4 is 20.1 Å². The van der Waals surface area contributed by atoms with E-state index < -0.39 is 12.0 Å². The zero-order valence-electron chi connectivity index (χ0n) is 14.9. The molecule has 142 valence electrons. The topological polar surface area (TPSA) is 95.0 Å². The lowest BCUT2D eigenvalue weighted by Gasteiger charge is -2.32. The van der Waals surface area contributed by atoms with Gasteiger partial charge in [-0.25, -0.2) is 0 Å². The van der Waals surface area contributed by atoms with E-state index in [0.717, 1.165) is 0 Å². The third-order valence-electron chi connectivity index (χ3n) is 4.33. The van der Waals surface area contributed by atoms with Crippen molar-refractivity contribution in [3.63, 3.8) is 0 Å². The van der Waals surface area contributed by atoms with Gasteiger partial charge in [0.2, 0.25) is 0 Å². The largest absolute Gasteiger partial charge is 0.486 e. The summed E-state index contributed by atoms with van der Waals surface area (Å²) in [5.41, 5.74) is 5.94. The van der Waals surface area contributed by atoms with Crippen LogP contribution in [0.15, 0.2) is 71.1 Å². The minimum absolute atomic E-state index is 0.0156. The number of hydrogen-bond donors (Lipinski definition) is 1. The standard InChI is InChI=1S/C21H18N2O5/c22-20(24)19-12-23(16-8-4-5-9-17(16)28-19)21(25)18-11-10-15(27-18)13-26-14-6-2-1-3-7-14/h1-11,19H,12-13H2,(H2,22,24). The van der Waals surface area contributed by atoms with Crippen molar-refractivity contribution in [2.24, 2.45) is 5.73 Å². The maximum absolute atomic E-state index is 13.0. The van der Waals surface area contributed by atoms with Gasteiger partial charge in [-0.05, 0) is 36.4 Å². The predicted octanol–water partition coefficient (Wildman–Crippen LogP) is 2.75. The highest BCUT2D eigenvalue weighted by atomic mass is 16.5. The van der Waals surface area contributed by atoms with Crippen molar-refractivity contribution < 1.29 is 23.5 Å². The number of primary amides is 1. The Balaban J connectivity index is 1.52. The normalized spacial score (nSPS) is 15.4. The monoisotopic (exact) mass is 378 g/mol. The highest BCUT2D eigenvalue weighted by molar-refractivity contribution is 6.06. The van der Waals surface area contributed by atoms with Crippen molar-refractivity contribution in [2.75, 3.05) is 11.4 Å². The van der Waals surface area contributed by atoms with Gasteiger partial charge in [0.25, 0.3) is 11.8 Å². The van der Waals surface area contributed by atoms with E-state index in [9.17, 15) is 9.59 Å². The first-order valence-corrected chi connectivity index (χ1v) is 8.75. The molecule has 2 heterocycles. The number of benzene rings is 2. The van der Waals surface area contributed by atoms with Crippen LogP contribution >= 0.6 is 0 Å². The summed E-state index contributed by atoms with van der Waals surface area (Å²) in [7, 11) is 0. The number of furan rings is 1. The molecule has 7 heteroatoms. The maximum atomic E-state index is 13.0. The minimum Gasteiger partial charge on any atom is -0.486 e. The SMILES string of the molecule is NC(=O)C1CN(C(=O)c2ccc(COc3ccccc3)o2)c2ccccc2O1. The number of nitrogens with zero attached hydrogens (tertiary/aromatic N) is 1. The van der Waals surface area contributed by atoms with E-state index in [1.54, 1.807) is 36.4 Å². The van der Waals surface area contributed by atoms with Crippen molar-refractivity contribution in [1.29, 1.82) is 0 Å². The van der Waals surface area contributed by atoms with Gasteiger partial charge in [0.15, 0.2) is 11.9 Å². The van der Waals surface area contributed by atoms with Gasteiger partial charge in [0, 0.05) is 0 Å². The number of para-hydroxylation sites is 3. The highest BCUT2D eigenvalue weighted by Crippen LogP contribution is 2.34. The summed E-state index contributed by atoms with van der Waals surface area (Å²) in [6.45, 7) is 0.211. The molecule has 2 amide bonds. The Morgan fingerprint density at radius 1 is 1.04 bits per heavy atom. The van der Waals surface area contributed by atoms with Gasteiger partial charge < -0.3 is 19.6 Å². The van der Waals surface area contributed by atoms with Gasteiger partial charge in [-0.2, -0.15) is 0 Å². The number of ether oxygens (including phenoxy) is 2. The summed E-state index contributed by atoms with van der Waals surface area (Å²) in [5.74, 6) is 0.770. The zero-order chi connectivity index (χ0) is 19.5. The molecule has 0 bridgehead atoms. The first-order chi connectivity index (χ1) is 13.6. The molecular formula is C21H18N2O5. The third kappa shape index (κ3) is 3.55. The van der Waals surface area contributed by atoms with Crippen molar-refractivity contribution in [2.45, 2.75) is 12.7 Å². The van der Waals surface area contributed by atoms with Gasteiger partial charge >= 0.3 is 0 Å². The van der Waals surface area contributed by atoms with Crippen LogP contribution in [0.3, 0.4) is 0 Å². The van der Waals surface area contributed by atoms with Crippen molar-refractivity contribution >= 4 is 17.5 Å². The molecule has 28 heavy (non-hydrogen) atoms. The number of anilines is 1. The van der Waals surface area contributed by atoms with Crippen LogP contribution in [0.1, 0.15) is 16.3 Å². The molecule has 0 saturated carbocycles. The fourth-order valence-corrected chi connectivity index (χ4v) is 2.95. The van der Waals surface area contributed by atoms with Crippen LogP contribution in [-0.4, -0.2) is 24.5 Å². The summed E-state index contributed by atoms with van der Waals surface area (Å²) in [5, 5.41) is 0. The Labute approximate surface area is 161 Å². The van der Waals surface area contributed by atoms with Gasteiger partial charge in [-0.3, -0.25) is 14.5 Å². The van der Waals surface area contributed by atoms with Crippen molar-refractivity contribution in [1.82, 2.24) is 0 Å². The van der Waals surface area contributed by atoms with Crippen LogP contribution in [0, 0.1) is 0 Å². The van der Waals surface area contributed by atoms with Gasteiger partial charge in [0.1, 0.15) is 23.9 Å². The Morgan fingerprint density at radius 3 is 2.57 bits per heavy atom. The summed E-state index contributed by atoms with van der Waals surface area (Å²) in [6.07, 6.45) is -0.922. The van der Waals surface area contributed by atoms with Crippen LogP contribution in [-0.2, 0) is 11.4 Å². The average Bonchev–Trinajstić information content (AvgIpc) is 3.20. The highest BCUT2D eigenvalue weighted by Gasteiger charge is 2.34. The van der Waals surface area contributed by atoms with E-state index >= 15 is 0 Å². The summed E-state index contributed by atoms with van der Waals surface area (Å²) in [6, 6.07) is 19.6. The Morgan fingerprint density at radius 2 is 1.79 bits per heavy atom. The number of nitrogens with two attached hydrogens (primary N) is 1. The average molecular weight is 378 g/mol. The van der Waals surface area contributed by atoms with Gasteiger partial charge in [-0.1, -0.05) is 30.3 Å². The molecule has 1 aromatic heterocycles. The second-order valence-corrected chi connectivity index (χ2v) is 6.26. The van der Waals surface area contributed by atoms with Crippen LogP contribution in [0.5, 0.6) is 11.5 Å². The number of rotatable bonds is 5. The molecule has 0 saturated heterocycles. The molecule has 0 aliphatic carbocycles. The fraction of sp³-hybridized carbons (Fsp3) is 0.143. The molecule has 1 aliphatic rings. The molecule has 0 radical (unpaired) electrons. The third-order valence-corrected chi connectivity index (χ3v) is 4.33. The Hall–Kier alpha value is -3.74. The van der Waals surface area contributed by atoms with Crippen LogP contribution in [0.2, 0.25) is 0 Å². The van der Waals surface area contributed by atoms with E-state index in [2.05, 4.69) is 0 Å². The molecule has 7 nitrogen and oxygen atoms in total. The number of fused-ring (bicyclic) bond motifs is 1. The fourth-order valence-electron chi connectivity index (χ4n) is 2.95. The van der Waals surface area contributed by atoms with Crippen molar-refractivity contribution in [3.05, 3.63) is 78.3 Å². The second-order valence-electron chi connectivity index (χ2n) is 6.26. The first kappa shape index (κ1) is 17.7. The zero-order valence-corrected chi connectivity index (χ0v) is 14.9. The Kier molecular flexibility index (Phi) is 4.72. The quantitative estimate of drug-likeness (QED) is 0.737. The molecule has 4 rings (SSSR count). The molecule has 1 unspecified atom stereocenters. The van der Waals surface area contributed by atoms with E-state index in [4.69, 9.17) is 19.6 Å². The number of carbonyl (C=O) groups excluding carboxylic acids is 2. The smallest absolute Gasteiger partial charge is 0.294 e. The Bertz CT molecular complexity index is 999. The molecular weight excluding hydrogens is 360 g/mol. The molecule has 0 spiro atoms. The molecule has 2 N–H and O–H groups in total. The molecule has 2 aromatic carbocycles. The number of amides is 2. The summed E-state index contributed by atoms with van der Waals surface area (Å²) < 4.78 is 16.9. The van der Waals surface area contributed by atoms with Gasteiger partial charge in [0.05, 0.1) is 12.2 Å². The lowest BCUT2D eigenvalue weighted by atomic mass is 10.1. The van der Waals surface area contributed by atoms with E-state index in [1.807, 2.05) is 30.3 Å². The number of hydrogen-bond acceptors (Lipinski definition) is 5. The number of carbonyl (C=O) groups is 2. The lowest BCUT2D eigenvalue weighted by Crippen LogP contribution is -2.49. The van der Waals surface area contributed by atoms with Crippen molar-refractivity contribution in [3.8, 4) is 11.5 Å². The minimum atomic E-state index is -0.922. The molecule has 1 aliphatic heterocycles. The maximum Gasteiger partial charge on any atom is 0.294 e. The van der Waals surface area contributed by atoms with E-state index in [0.29, 0.717) is 22.9 Å². The predicted molar refractivity (Wildman–Crippen MR) is 101 cm³/mol. The molecule has 1 atom stereocenters. The molecule has 3 aromatic rings. The first-order valence-electron chi connectivity index (χ1n) is 8.75. The summed E-state index contributed by atoms with van der Waals surface area (Å²) in [4.78, 5) is 26.1. The lowest BCUT2D eigenvalue weighted by molar-refractivity contribution is -0.124. The summed E-state index contributed by atoms with van der Waals surface area (Å²) >= 11 is 0. The van der Waals surface area contributed by atoms with E-state index in [-0.39, 0.29) is 24.8 Å². The van der Waals surface area contributed by atoms with E-state index in [1.165, 1.54) is 4.90 Å². The molecule has 0 fully saturated rings. The van der Waals surface area contributed by atoms with Crippen LogP contribution in [0.4, 0.5) is 5.69 Å². The second kappa shape index (κ2) is 7.48. The van der Waals surface area contributed by atoms with Gasteiger partial charge in [-0.15, -0.1) is 0 Å². The van der Waals surface area contributed by atoms with Crippen LogP contribution in [0.25, 0.3) is 0 Å².